The molecular formula is C70H81BN2S. The monoisotopic (exact) mass is 993 g/mol. The molecule has 6 aromatic carbocycles. The van der Waals surface area contributed by atoms with Crippen molar-refractivity contribution in [2.75, 3.05) is 9.80 Å². The van der Waals surface area contributed by atoms with E-state index in [0.717, 1.165) is 0 Å². The van der Waals surface area contributed by atoms with E-state index in [1.165, 1.54) is 156 Å². The van der Waals surface area contributed by atoms with Gasteiger partial charge < -0.3 is 9.80 Å². The summed E-state index contributed by atoms with van der Waals surface area (Å²) in [7, 11) is 0. The molecule has 1 fully saturated rings. The standard InChI is InChI=1S/C70H81BN2S/c1-63(2,3)43-22-25-55(46(34-43)42-20-18-17-19-21-42)73-56-40-51-50(67(11,12)28-29-68(51,13)14)39-54(56)71-60-57(35-44(36-58(60)73)64(4,5)6)72(45-23-24-48-49(37-45)66(9,10)27-26-65(48,7)8)61-47-38-52-53(41-59(47)74-62(61)71)70(16)32-30-69(52,15)31-33-70/h17-25,34-41H,26-33H2,1-16H3. The molecule has 2 nitrogen and oxygen atoms in total. The summed E-state index contributed by atoms with van der Waals surface area (Å²) in [5, 5.41) is 1.44. The molecule has 74 heavy (non-hydrogen) atoms. The maximum Gasteiger partial charge on any atom is 0.264 e. The third-order valence-corrected chi connectivity index (χ3v) is 21.9. The molecule has 0 atom stereocenters. The fraction of sp³-hybridized carbons (Fsp3) is 0.457. The zero-order chi connectivity index (χ0) is 52.2. The van der Waals surface area contributed by atoms with Gasteiger partial charge in [-0.15, -0.1) is 11.3 Å². The predicted molar refractivity (Wildman–Crippen MR) is 322 cm³/mol. The number of anilines is 6. The highest BCUT2D eigenvalue weighted by molar-refractivity contribution is 7.33. The molecule has 0 N–H and O–H groups in total. The van der Waals surface area contributed by atoms with E-state index in [9.17, 15) is 0 Å². The van der Waals surface area contributed by atoms with Gasteiger partial charge in [0, 0.05) is 43.2 Å². The Morgan fingerprint density at radius 2 is 0.986 bits per heavy atom. The molecule has 1 aromatic heterocycles. The first kappa shape index (κ1) is 48.6. The van der Waals surface area contributed by atoms with Gasteiger partial charge in [0.1, 0.15) is 0 Å². The van der Waals surface area contributed by atoms with Crippen LogP contribution in [0.25, 0.3) is 21.2 Å². The van der Waals surface area contributed by atoms with Gasteiger partial charge in [0.2, 0.25) is 0 Å². The van der Waals surface area contributed by atoms with Crippen molar-refractivity contribution in [3.8, 4) is 11.1 Å². The molecule has 7 aliphatic rings. The summed E-state index contributed by atoms with van der Waals surface area (Å²) in [4.78, 5) is 5.57. The van der Waals surface area contributed by atoms with Crippen LogP contribution in [0.15, 0.2) is 103 Å². The molecule has 14 rings (SSSR count). The smallest absolute Gasteiger partial charge is 0.264 e. The van der Waals surface area contributed by atoms with Crippen LogP contribution < -0.4 is 25.5 Å². The van der Waals surface area contributed by atoms with E-state index in [4.69, 9.17) is 0 Å². The fourth-order valence-electron chi connectivity index (χ4n) is 15.2. The second kappa shape index (κ2) is 15.3. The summed E-state index contributed by atoms with van der Waals surface area (Å²) in [6.45, 7) is 39.6. The number of benzene rings is 6. The summed E-state index contributed by atoms with van der Waals surface area (Å²) >= 11 is 2.12. The molecule has 0 radical (unpaired) electrons. The number of fused-ring (bicyclic) bond motifs is 10. The molecule has 2 aliphatic heterocycles. The lowest BCUT2D eigenvalue weighted by molar-refractivity contribution is 0.188. The van der Waals surface area contributed by atoms with Crippen LogP contribution in [0, 0.1) is 0 Å². The molecule has 380 valence electrons. The van der Waals surface area contributed by atoms with E-state index in [0.29, 0.717) is 0 Å². The van der Waals surface area contributed by atoms with E-state index < -0.39 is 0 Å². The summed E-state index contributed by atoms with van der Waals surface area (Å²) in [6, 6.07) is 42.6. The van der Waals surface area contributed by atoms with Crippen LogP contribution in [0.4, 0.5) is 34.1 Å². The minimum Gasteiger partial charge on any atom is -0.311 e. The average molecular weight is 993 g/mol. The van der Waals surface area contributed by atoms with Gasteiger partial charge in [-0.2, -0.15) is 0 Å². The molecule has 5 aliphatic carbocycles. The van der Waals surface area contributed by atoms with Crippen LogP contribution >= 0.6 is 11.3 Å². The number of nitrogens with zero attached hydrogens (tertiary/aromatic N) is 2. The predicted octanol–water partition coefficient (Wildman–Crippen LogP) is 18.0. The van der Waals surface area contributed by atoms with Gasteiger partial charge in [0.25, 0.3) is 6.71 Å². The highest BCUT2D eigenvalue weighted by Crippen LogP contribution is 2.60. The summed E-state index contributed by atoms with van der Waals surface area (Å²) in [5.74, 6) is 0. The Kier molecular flexibility index (Phi) is 10.1. The van der Waals surface area contributed by atoms with Gasteiger partial charge in [-0.05, 0) is 210 Å². The summed E-state index contributed by atoms with van der Waals surface area (Å²) < 4.78 is 2.95. The first-order valence-electron chi connectivity index (χ1n) is 28.5. The van der Waals surface area contributed by atoms with E-state index in [1.54, 1.807) is 11.1 Å². The second-order valence-electron chi connectivity index (χ2n) is 29.7. The Balaban J connectivity index is 1.20. The quantitative estimate of drug-likeness (QED) is 0.163. The maximum absolute atomic E-state index is 2.81. The molecule has 4 heteroatoms. The Morgan fingerprint density at radius 1 is 0.446 bits per heavy atom. The van der Waals surface area contributed by atoms with Gasteiger partial charge in [-0.25, -0.2) is 0 Å². The summed E-state index contributed by atoms with van der Waals surface area (Å²) in [6.07, 6.45) is 9.87. The molecule has 0 saturated heterocycles. The first-order chi connectivity index (χ1) is 34.6. The third kappa shape index (κ3) is 6.93. The van der Waals surface area contributed by atoms with Gasteiger partial charge in [-0.1, -0.05) is 159 Å². The SMILES string of the molecule is CC(C)(C)c1ccc(N2c3cc4c(cc3B3c5sc6cc7c(cc6c5N(c5ccc6c(c5)C(C)(C)CCC6(C)C)c5cc(C(C)(C)C)cc2c53)C2(C)CCC7(C)CC2)C(C)(C)CCC4(C)C)c(-c2ccccc2)c1. The zero-order valence-corrected chi connectivity index (χ0v) is 48.7. The van der Waals surface area contributed by atoms with E-state index in [2.05, 4.69) is 235 Å². The number of thiophene rings is 1. The Morgan fingerprint density at radius 3 is 1.58 bits per heavy atom. The van der Waals surface area contributed by atoms with Crippen molar-refractivity contribution >= 4 is 78.0 Å². The Hall–Kier alpha value is -5.06. The van der Waals surface area contributed by atoms with Crippen molar-refractivity contribution in [3.05, 3.63) is 148 Å². The average Bonchev–Trinajstić information content (AvgIpc) is 3.72. The molecular weight excluding hydrogens is 912 g/mol. The van der Waals surface area contributed by atoms with E-state index in [1.807, 2.05) is 0 Å². The lowest BCUT2D eigenvalue weighted by Crippen LogP contribution is -2.61. The van der Waals surface area contributed by atoms with Crippen molar-refractivity contribution in [2.24, 2.45) is 0 Å². The molecule has 2 bridgehead atoms. The highest BCUT2D eigenvalue weighted by Gasteiger charge is 2.52. The molecule has 0 unspecified atom stereocenters. The molecule has 1 saturated carbocycles. The molecule has 3 heterocycles. The van der Waals surface area contributed by atoms with Crippen LogP contribution in [0.2, 0.25) is 0 Å². The van der Waals surface area contributed by atoms with Crippen molar-refractivity contribution in [1.82, 2.24) is 0 Å². The minimum absolute atomic E-state index is 0.0166. The van der Waals surface area contributed by atoms with Gasteiger partial charge in [-0.3, -0.25) is 0 Å². The van der Waals surface area contributed by atoms with Crippen molar-refractivity contribution < 1.29 is 0 Å². The lowest BCUT2D eigenvalue weighted by Gasteiger charge is -2.52. The first-order valence-corrected chi connectivity index (χ1v) is 29.4. The minimum atomic E-state index is -0.125. The Labute approximate surface area is 449 Å². The van der Waals surface area contributed by atoms with Gasteiger partial charge >= 0.3 is 0 Å². The van der Waals surface area contributed by atoms with Crippen molar-refractivity contribution in [1.29, 1.82) is 0 Å². The van der Waals surface area contributed by atoms with Crippen molar-refractivity contribution in [2.45, 2.75) is 205 Å². The van der Waals surface area contributed by atoms with Gasteiger partial charge in [0.05, 0.1) is 11.4 Å². The number of hydrogen-bond donors (Lipinski definition) is 0. The van der Waals surface area contributed by atoms with Crippen LogP contribution in [-0.2, 0) is 43.3 Å². The van der Waals surface area contributed by atoms with Crippen LogP contribution in [0.3, 0.4) is 0 Å². The molecule has 0 spiro atoms. The van der Waals surface area contributed by atoms with Crippen molar-refractivity contribution in [3.63, 3.8) is 0 Å². The Bertz CT molecular complexity index is 3520. The third-order valence-electron chi connectivity index (χ3n) is 20.7. The summed E-state index contributed by atoms with van der Waals surface area (Å²) in [5.41, 5.74) is 26.0. The van der Waals surface area contributed by atoms with E-state index in [-0.39, 0.29) is 50.0 Å². The fourth-order valence-corrected chi connectivity index (χ4v) is 16.5. The largest absolute Gasteiger partial charge is 0.311 e. The lowest BCUT2D eigenvalue weighted by atomic mass is 9.35. The molecule has 7 aromatic rings. The van der Waals surface area contributed by atoms with Crippen LogP contribution in [0.1, 0.15) is 207 Å². The normalized spacial score (nSPS) is 23.4. The second-order valence-corrected chi connectivity index (χ2v) is 30.8. The maximum atomic E-state index is 2.81. The van der Waals surface area contributed by atoms with Crippen LogP contribution in [-0.4, -0.2) is 6.71 Å². The molecule has 0 amide bonds. The zero-order valence-electron chi connectivity index (χ0n) is 47.9. The highest BCUT2D eigenvalue weighted by atomic mass is 32.1. The van der Waals surface area contributed by atoms with E-state index >= 15 is 0 Å². The number of rotatable bonds is 3. The topological polar surface area (TPSA) is 6.48 Å². The van der Waals surface area contributed by atoms with Crippen LogP contribution in [0.5, 0.6) is 0 Å². The van der Waals surface area contributed by atoms with Gasteiger partial charge in [0.15, 0.2) is 0 Å². The number of hydrogen-bond acceptors (Lipinski definition) is 3.